The predicted octanol–water partition coefficient (Wildman–Crippen LogP) is 2.01. The first-order chi connectivity index (χ1) is 22.5. The van der Waals surface area contributed by atoms with E-state index in [2.05, 4.69) is 20.9 Å². The van der Waals surface area contributed by atoms with Crippen molar-refractivity contribution in [3.05, 3.63) is 52.6 Å². The van der Waals surface area contributed by atoms with Gasteiger partial charge in [-0.1, -0.05) is 12.1 Å². The van der Waals surface area contributed by atoms with Crippen LogP contribution >= 0.6 is 0 Å². The van der Waals surface area contributed by atoms with Crippen LogP contribution in [0.4, 0.5) is 20.2 Å². The number of carboxylic acid groups (broad SMARTS) is 1. The number of benzene rings is 1. The van der Waals surface area contributed by atoms with Gasteiger partial charge in [0.15, 0.2) is 0 Å². The first-order valence-corrected chi connectivity index (χ1v) is 15.8. The number of rotatable bonds is 7. The normalized spacial score (nSPS) is 15.8. The Morgan fingerprint density at radius 3 is 2.04 bits per heavy atom. The minimum Gasteiger partial charge on any atom is -0.465 e. The van der Waals surface area contributed by atoms with Gasteiger partial charge in [-0.3, -0.25) is 19.5 Å². The van der Waals surface area contributed by atoms with E-state index in [4.69, 9.17) is 9.84 Å². The van der Waals surface area contributed by atoms with Crippen LogP contribution in [0.25, 0.3) is 5.69 Å². The van der Waals surface area contributed by atoms with Gasteiger partial charge in [0, 0.05) is 51.5 Å². The molecule has 2 aliphatic heterocycles. The Morgan fingerprint density at radius 1 is 0.875 bits per heavy atom. The molecule has 0 unspecified atom stereocenters. The second-order valence-electron chi connectivity index (χ2n) is 13.4. The van der Waals surface area contributed by atoms with E-state index in [1.807, 2.05) is 0 Å². The van der Waals surface area contributed by atoms with Crippen molar-refractivity contribution in [2.45, 2.75) is 71.1 Å². The molecule has 0 atom stereocenters. The van der Waals surface area contributed by atoms with E-state index in [-0.39, 0.29) is 56.3 Å². The molecule has 0 radical (unpaired) electrons. The third-order valence-electron chi connectivity index (χ3n) is 7.99. The van der Waals surface area contributed by atoms with Crippen LogP contribution in [0.5, 0.6) is 0 Å². The highest BCUT2D eigenvalue weighted by molar-refractivity contribution is 5.90. The molecule has 260 valence electrons. The SMILES string of the molecule is CC(C)(C)OC(=O)NC(C)(C)C(=O)N1CCN(C(=O)Nc2ccn(-c3ccc(CC(=O)N4CCC(NC(=O)O)CC4)cc3)c(=O)n2)CC1. The highest BCUT2D eigenvalue weighted by Crippen LogP contribution is 2.16. The summed E-state index contributed by atoms with van der Waals surface area (Å²) in [7, 11) is 0. The number of amides is 6. The summed E-state index contributed by atoms with van der Waals surface area (Å²) in [6, 6.07) is 7.82. The van der Waals surface area contributed by atoms with Crippen molar-refractivity contribution in [2.75, 3.05) is 44.6 Å². The molecule has 1 aromatic carbocycles. The molecule has 4 N–H and O–H groups in total. The monoisotopic (exact) mass is 668 g/mol. The molecule has 6 amide bonds. The summed E-state index contributed by atoms with van der Waals surface area (Å²) in [6.07, 6.45) is 1.05. The zero-order valence-electron chi connectivity index (χ0n) is 27.9. The van der Waals surface area contributed by atoms with Crippen molar-refractivity contribution in [1.82, 2.24) is 34.9 Å². The van der Waals surface area contributed by atoms with Crippen LogP contribution in [0, 0.1) is 0 Å². The summed E-state index contributed by atoms with van der Waals surface area (Å²) in [5.41, 5.74) is -1.22. The van der Waals surface area contributed by atoms with E-state index in [0.29, 0.717) is 31.6 Å². The van der Waals surface area contributed by atoms with E-state index in [9.17, 15) is 28.8 Å². The minimum absolute atomic E-state index is 0.0532. The molecule has 48 heavy (non-hydrogen) atoms. The van der Waals surface area contributed by atoms with Crippen molar-refractivity contribution < 1.29 is 33.8 Å². The fourth-order valence-electron chi connectivity index (χ4n) is 5.49. The quantitative estimate of drug-likeness (QED) is 0.341. The van der Waals surface area contributed by atoms with Crippen molar-refractivity contribution in [1.29, 1.82) is 0 Å². The van der Waals surface area contributed by atoms with Gasteiger partial charge < -0.3 is 35.2 Å². The molecule has 0 saturated carbocycles. The van der Waals surface area contributed by atoms with Gasteiger partial charge in [0.25, 0.3) is 0 Å². The fraction of sp³-hybridized carbons (Fsp3) is 0.531. The summed E-state index contributed by atoms with van der Waals surface area (Å²) >= 11 is 0. The number of hydrogen-bond acceptors (Lipinski definition) is 8. The molecule has 1 aromatic heterocycles. The number of alkyl carbamates (subject to hydrolysis) is 1. The Bertz CT molecular complexity index is 1570. The van der Waals surface area contributed by atoms with Crippen LogP contribution < -0.4 is 21.6 Å². The standard InChI is InChI=1S/C32H44N8O8/c1-31(2,3)48-30(47)36-32(4,5)26(42)38-16-18-39(19-17-38)27(43)34-24-12-15-40(28(44)35-24)23-8-6-21(7-9-23)20-25(41)37-13-10-22(11-14-37)33-29(45)46/h6-9,12,15,22,33H,10-11,13-14,16-20H2,1-5H3,(H,36,47)(H,45,46)(H,34,35,43,44). The second-order valence-corrected chi connectivity index (χ2v) is 13.4. The third-order valence-corrected chi connectivity index (χ3v) is 7.99. The average molecular weight is 669 g/mol. The molecule has 0 spiro atoms. The van der Waals surface area contributed by atoms with Crippen LogP contribution in [0.2, 0.25) is 0 Å². The van der Waals surface area contributed by atoms with Crippen molar-refractivity contribution >= 4 is 35.8 Å². The molecule has 2 fully saturated rings. The van der Waals surface area contributed by atoms with Gasteiger partial charge in [0.1, 0.15) is 17.0 Å². The predicted molar refractivity (Wildman–Crippen MR) is 175 cm³/mol. The number of anilines is 1. The maximum atomic E-state index is 13.1. The van der Waals surface area contributed by atoms with Crippen LogP contribution in [0.1, 0.15) is 53.0 Å². The lowest BCUT2D eigenvalue weighted by Crippen LogP contribution is -2.60. The van der Waals surface area contributed by atoms with Gasteiger partial charge >= 0.3 is 23.9 Å². The molecule has 0 bridgehead atoms. The van der Waals surface area contributed by atoms with Gasteiger partial charge in [-0.05, 0) is 71.2 Å². The largest absolute Gasteiger partial charge is 0.465 e. The Hall–Kier alpha value is -5.15. The van der Waals surface area contributed by atoms with Gasteiger partial charge in [0.2, 0.25) is 11.8 Å². The van der Waals surface area contributed by atoms with Crippen molar-refractivity contribution in [3.8, 4) is 5.69 Å². The van der Waals surface area contributed by atoms with E-state index in [1.54, 1.807) is 68.7 Å². The number of urea groups is 1. The molecule has 2 saturated heterocycles. The van der Waals surface area contributed by atoms with Crippen LogP contribution in [0.15, 0.2) is 41.3 Å². The van der Waals surface area contributed by atoms with E-state index < -0.39 is 35.0 Å². The maximum Gasteiger partial charge on any atom is 0.408 e. The Labute approximate surface area is 278 Å². The number of piperidine rings is 1. The topological polar surface area (TPSA) is 196 Å². The van der Waals surface area contributed by atoms with Gasteiger partial charge in [-0.25, -0.2) is 19.2 Å². The van der Waals surface area contributed by atoms with Crippen LogP contribution in [-0.4, -0.2) is 116 Å². The van der Waals surface area contributed by atoms with Crippen molar-refractivity contribution in [2.24, 2.45) is 0 Å². The third kappa shape index (κ3) is 9.68. The van der Waals surface area contributed by atoms with Gasteiger partial charge in [-0.2, -0.15) is 4.98 Å². The van der Waals surface area contributed by atoms with E-state index in [1.165, 1.54) is 21.7 Å². The van der Waals surface area contributed by atoms with Gasteiger partial charge in [-0.15, -0.1) is 0 Å². The van der Waals surface area contributed by atoms with Crippen LogP contribution in [0.3, 0.4) is 0 Å². The fourth-order valence-corrected chi connectivity index (χ4v) is 5.49. The number of hydrogen-bond donors (Lipinski definition) is 4. The number of nitrogens with one attached hydrogen (secondary N) is 3. The molecular formula is C32H44N8O8. The lowest BCUT2D eigenvalue weighted by atomic mass is 10.0. The number of aromatic nitrogens is 2. The Kier molecular flexibility index (Phi) is 11.0. The highest BCUT2D eigenvalue weighted by atomic mass is 16.6. The lowest BCUT2D eigenvalue weighted by Gasteiger charge is -2.38. The number of carbonyl (C=O) groups excluding carboxylic acids is 4. The molecule has 2 aliphatic rings. The number of ether oxygens (including phenoxy) is 1. The molecule has 2 aromatic rings. The minimum atomic E-state index is -1.21. The summed E-state index contributed by atoms with van der Waals surface area (Å²) in [5.74, 6) is -0.278. The van der Waals surface area contributed by atoms with Crippen molar-refractivity contribution in [3.63, 3.8) is 0 Å². The number of carbonyl (C=O) groups is 5. The average Bonchev–Trinajstić information content (AvgIpc) is 3.00. The zero-order valence-corrected chi connectivity index (χ0v) is 27.9. The maximum absolute atomic E-state index is 13.1. The molecule has 4 rings (SSSR count). The number of piperazine rings is 1. The highest BCUT2D eigenvalue weighted by Gasteiger charge is 2.37. The summed E-state index contributed by atoms with van der Waals surface area (Å²) < 4.78 is 6.58. The molecule has 0 aliphatic carbocycles. The Morgan fingerprint density at radius 2 is 1.48 bits per heavy atom. The number of likely N-dealkylation sites (tertiary alicyclic amines) is 1. The lowest BCUT2D eigenvalue weighted by molar-refractivity contribution is -0.138. The second kappa shape index (κ2) is 14.7. The first kappa shape index (κ1) is 35.7. The molecule has 3 heterocycles. The molecule has 16 nitrogen and oxygen atoms in total. The molecule has 16 heteroatoms. The van der Waals surface area contributed by atoms with E-state index >= 15 is 0 Å². The number of nitrogens with zero attached hydrogens (tertiary/aromatic N) is 5. The van der Waals surface area contributed by atoms with E-state index in [0.717, 1.165) is 5.56 Å². The Balaban J connectivity index is 1.26. The summed E-state index contributed by atoms with van der Waals surface area (Å²) in [4.78, 5) is 83.4. The van der Waals surface area contributed by atoms with Gasteiger partial charge in [0.05, 0.1) is 12.1 Å². The summed E-state index contributed by atoms with van der Waals surface area (Å²) in [5, 5.41) is 16.6. The smallest absolute Gasteiger partial charge is 0.408 e. The first-order valence-electron chi connectivity index (χ1n) is 15.8. The zero-order chi connectivity index (χ0) is 35.2. The summed E-state index contributed by atoms with van der Waals surface area (Å²) in [6.45, 7) is 10.3. The molecular weight excluding hydrogens is 624 g/mol. The van der Waals surface area contributed by atoms with Crippen LogP contribution in [-0.2, 0) is 20.7 Å².